The zero-order valence-electron chi connectivity index (χ0n) is 8.27. The largest absolute Gasteiger partial charge is 0.507 e. The van der Waals surface area contributed by atoms with Crippen LogP contribution in [-0.2, 0) is 0 Å². The van der Waals surface area contributed by atoms with E-state index in [9.17, 15) is 9.90 Å². The molecule has 2 rings (SSSR count). The van der Waals surface area contributed by atoms with Gasteiger partial charge < -0.3 is 10.1 Å². The maximum absolute atomic E-state index is 11.4. The number of aromatic hydroxyl groups is 1. The number of aromatic nitrogens is 1. The summed E-state index contributed by atoms with van der Waals surface area (Å²) < 4.78 is 0. The van der Waals surface area contributed by atoms with Crippen LogP contribution in [0.4, 0.5) is 0 Å². The fourth-order valence-corrected chi connectivity index (χ4v) is 1.52. The Morgan fingerprint density at radius 3 is 2.62 bits per heavy atom. The number of benzene rings is 1. The molecule has 1 aromatic heterocycles. The van der Waals surface area contributed by atoms with Crippen molar-refractivity contribution in [3.8, 4) is 22.9 Å². The smallest absolute Gasteiger partial charge is 0.266 e. The zero-order valence-corrected chi connectivity index (χ0v) is 8.27. The van der Waals surface area contributed by atoms with Gasteiger partial charge >= 0.3 is 0 Å². The lowest BCUT2D eigenvalue weighted by Gasteiger charge is -2.04. The van der Waals surface area contributed by atoms with Crippen LogP contribution in [0, 0.1) is 11.3 Å². The van der Waals surface area contributed by atoms with Crippen LogP contribution in [0.2, 0.25) is 0 Å². The Balaban J connectivity index is 2.76. The molecule has 0 bridgehead atoms. The third-order valence-electron chi connectivity index (χ3n) is 2.27. The molecule has 1 aromatic carbocycles. The van der Waals surface area contributed by atoms with Crippen molar-refractivity contribution in [2.75, 3.05) is 0 Å². The minimum absolute atomic E-state index is 0.00370. The normalized spacial score (nSPS) is 9.69. The lowest BCUT2D eigenvalue weighted by atomic mass is 10.0. The van der Waals surface area contributed by atoms with Crippen LogP contribution in [0.1, 0.15) is 5.56 Å². The molecule has 0 aliphatic carbocycles. The molecule has 4 heteroatoms. The number of hydrogen-bond donors (Lipinski definition) is 2. The second-order valence-corrected chi connectivity index (χ2v) is 3.22. The Bertz CT molecular complexity index is 623. The van der Waals surface area contributed by atoms with Crippen molar-refractivity contribution < 1.29 is 5.11 Å². The van der Waals surface area contributed by atoms with Crippen molar-refractivity contribution >= 4 is 0 Å². The minimum Gasteiger partial charge on any atom is -0.507 e. The van der Waals surface area contributed by atoms with Crippen LogP contribution in [0.3, 0.4) is 0 Å². The van der Waals surface area contributed by atoms with E-state index in [1.807, 2.05) is 6.07 Å². The van der Waals surface area contributed by atoms with E-state index in [4.69, 9.17) is 5.26 Å². The van der Waals surface area contributed by atoms with Crippen molar-refractivity contribution in [3.05, 3.63) is 52.4 Å². The Morgan fingerprint density at radius 1 is 1.19 bits per heavy atom. The van der Waals surface area contributed by atoms with Gasteiger partial charge in [-0.15, -0.1) is 0 Å². The van der Waals surface area contributed by atoms with Crippen LogP contribution in [-0.4, -0.2) is 10.1 Å². The van der Waals surface area contributed by atoms with E-state index < -0.39 is 5.56 Å². The molecule has 16 heavy (non-hydrogen) atoms. The van der Waals surface area contributed by atoms with E-state index in [-0.39, 0.29) is 11.3 Å². The summed E-state index contributed by atoms with van der Waals surface area (Å²) in [6.07, 6.45) is 1.45. The molecule has 2 aromatic rings. The van der Waals surface area contributed by atoms with E-state index >= 15 is 0 Å². The van der Waals surface area contributed by atoms with Crippen molar-refractivity contribution in [2.45, 2.75) is 0 Å². The van der Waals surface area contributed by atoms with Gasteiger partial charge in [-0.3, -0.25) is 4.79 Å². The molecule has 0 aliphatic heterocycles. The first-order chi connectivity index (χ1) is 7.74. The van der Waals surface area contributed by atoms with Gasteiger partial charge in [0.05, 0.1) is 0 Å². The first-order valence-electron chi connectivity index (χ1n) is 4.64. The highest BCUT2D eigenvalue weighted by molar-refractivity contribution is 5.74. The summed E-state index contributed by atoms with van der Waals surface area (Å²) >= 11 is 0. The number of phenols is 1. The Morgan fingerprint density at radius 2 is 1.94 bits per heavy atom. The minimum atomic E-state index is -0.455. The standard InChI is InChI=1S/C12H8N2O2/c13-7-10-8(5-6-14-12(10)16)9-3-1-2-4-11(9)15/h1-6,15H,(H,14,16). The van der Waals surface area contributed by atoms with Gasteiger partial charge in [-0.05, 0) is 12.1 Å². The summed E-state index contributed by atoms with van der Waals surface area (Å²) in [5.74, 6) is 0.0459. The highest BCUT2D eigenvalue weighted by Gasteiger charge is 2.10. The van der Waals surface area contributed by atoms with Crippen molar-refractivity contribution in [1.82, 2.24) is 4.98 Å². The molecule has 0 saturated carbocycles. The second kappa shape index (κ2) is 3.91. The Kier molecular flexibility index (Phi) is 2.44. The van der Waals surface area contributed by atoms with E-state index in [2.05, 4.69) is 4.98 Å². The van der Waals surface area contributed by atoms with Crippen LogP contribution in [0.5, 0.6) is 5.75 Å². The molecule has 0 aliphatic rings. The molecule has 0 radical (unpaired) electrons. The predicted molar refractivity (Wildman–Crippen MR) is 58.9 cm³/mol. The molecular weight excluding hydrogens is 204 g/mol. The van der Waals surface area contributed by atoms with Crippen LogP contribution in [0.25, 0.3) is 11.1 Å². The molecule has 0 spiro atoms. The monoisotopic (exact) mass is 212 g/mol. The maximum atomic E-state index is 11.4. The number of rotatable bonds is 1. The van der Waals surface area contributed by atoms with Crippen LogP contribution >= 0.6 is 0 Å². The highest BCUT2D eigenvalue weighted by atomic mass is 16.3. The topological polar surface area (TPSA) is 76.9 Å². The van der Waals surface area contributed by atoms with Gasteiger partial charge in [0.1, 0.15) is 17.4 Å². The molecular formula is C12H8N2O2. The van der Waals surface area contributed by atoms with Crippen LogP contribution < -0.4 is 5.56 Å². The number of H-pyrrole nitrogens is 1. The van der Waals surface area contributed by atoms with Crippen molar-refractivity contribution in [3.63, 3.8) is 0 Å². The number of nitriles is 1. The van der Waals surface area contributed by atoms with Gasteiger partial charge in [0.15, 0.2) is 0 Å². The SMILES string of the molecule is N#Cc1c(-c2ccccc2O)cc[nH]c1=O. The molecule has 0 unspecified atom stereocenters. The molecule has 0 atom stereocenters. The number of nitrogens with zero attached hydrogens (tertiary/aromatic N) is 1. The number of pyridine rings is 1. The molecule has 78 valence electrons. The summed E-state index contributed by atoms with van der Waals surface area (Å²) in [4.78, 5) is 13.8. The van der Waals surface area contributed by atoms with Gasteiger partial charge in [-0.25, -0.2) is 0 Å². The molecule has 0 amide bonds. The average Bonchev–Trinajstić information content (AvgIpc) is 2.29. The number of hydrogen-bond acceptors (Lipinski definition) is 3. The van der Waals surface area contributed by atoms with Gasteiger partial charge in [-0.1, -0.05) is 18.2 Å². The lowest BCUT2D eigenvalue weighted by molar-refractivity contribution is 0.477. The van der Waals surface area contributed by atoms with Gasteiger partial charge in [0.25, 0.3) is 5.56 Å². The number of phenolic OH excluding ortho intramolecular Hbond substituents is 1. The van der Waals surface area contributed by atoms with Gasteiger partial charge in [-0.2, -0.15) is 5.26 Å². The number of para-hydroxylation sites is 1. The van der Waals surface area contributed by atoms with Crippen molar-refractivity contribution in [2.24, 2.45) is 0 Å². The summed E-state index contributed by atoms with van der Waals surface area (Å²) in [6.45, 7) is 0. The summed E-state index contributed by atoms with van der Waals surface area (Å²) in [7, 11) is 0. The van der Waals surface area contributed by atoms with E-state index in [0.717, 1.165) is 0 Å². The van der Waals surface area contributed by atoms with Crippen LogP contribution in [0.15, 0.2) is 41.3 Å². The summed E-state index contributed by atoms with van der Waals surface area (Å²) in [5.41, 5.74) is 0.460. The molecule has 0 saturated heterocycles. The molecule has 0 fully saturated rings. The zero-order chi connectivity index (χ0) is 11.5. The first kappa shape index (κ1) is 9.99. The maximum Gasteiger partial charge on any atom is 0.266 e. The Labute approximate surface area is 91.4 Å². The number of nitrogens with one attached hydrogen (secondary N) is 1. The van der Waals surface area contributed by atoms with E-state index in [1.165, 1.54) is 12.3 Å². The molecule has 1 heterocycles. The molecule has 2 N–H and O–H groups in total. The highest BCUT2D eigenvalue weighted by Crippen LogP contribution is 2.29. The van der Waals surface area contributed by atoms with E-state index in [1.54, 1.807) is 24.3 Å². The molecule has 4 nitrogen and oxygen atoms in total. The second-order valence-electron chi connectivity index (χ2n) is 3.22. The third-order valence-corrected chi connectivity index (χ3v) is 2.27. The summed E-state index contributed by atoms with van der Waals surface area (Å²) in [5, 5.41) is 18.6. The fourth-order valence-electron chi connectivity index (χ4n) is 1.52. The quantitative estimate of drug-likeness (QED) is 0.754. The number of aromatic amines is 1. The fraction of sp³-hybridized carbons (Fsp3) is 0. The Hall–Kier alpha value is -2.54. The lowest BCUT2D eigenvalue weighted by Crippen LogP contribution is -2.10. The van der Waals surface area contributed by atoms with Gasteiger partial charge in [0.2, 0.25) is 0 Å². The van der Waals surface area contributed by atoms with Gasteiger partial charge in [0, 0.05) is 17.3 Å². The average molecular weight is 212 g/mol. The van der Waals surface area contributed by atoms with E-state index in [0.29, 0.717) is 11.1 Å². The first-order valence-corrected chi connectivity index (χ1v) is 4.64. The van der Waals surface area contributed by atoms with Crippen molar-refractivity contribution in [1.29, 1.82) is 5.26 Å². The predicted octanol–water partition coefficient (Wildman–Crippen LogP) is 1.62. The summed E-state index contributed by atoms with van der Waals surface area (Å²) in [6, 6.07) is 10.0. The third kappa shape index (κ3) is 1.55.